The van der Waals surface area contributed by atoms with Gasteiger partial charge in [-0.15, -0.1) is 0 Å². The number of carbonyl (C=O) groups excluding carboxylic acids is 1. The third-order valence-corrected chi connectivity index (χ3v) is 2.62. The molecule has 94 valence electrons. The molecule has 0 aromatic heterocycles. The van der Waals surface area contributed by atoms with Gasteiger partial charge in [-0.05, 0) is 37.5 Å². The molecule has 1 aromatic rings. The maximum atomic E-state index is 13.5. The number of primary amides is 1. The second kappa shape index (κ2) is 5.72. The lowest BCUT2D eigenvalue weighted by molar-refractivity contribution is -0.118. The van der Waals surface area contributed by atoms with Crippen molar-refractivity contribution in [2.75, 3.05) is 0 Å². The van der Waals surface area contributed by atoms with Gasteiger partial charge < -0.3 is 11.5 Å². The van der Waals surface area contributed by atoms with Crippen molar-refractivity contribution in [3.05, 3.63) is 34.9 Å². The van der Waals surface area contributed by atoms with Gasteiger partial charge in [-0.25, -0.2) is 8.78 Å². The molecule has 4 N–H and O–H groups in total. The zero-order valence-corrected chi connectivity index (χ0v) is 9.67. The Bertz CT molecular complexity index is 421. The van der Waals surface area contributed by atoms with Crippen LogP contribution in [0.25, 0.3) is 0 Å². The molecule has 1 aromatic carbocycles. The van der Waals surface area contributed by atoms with Crippen LogP contribution in [0.3, 0.4) is 0 Å². The van der Waals surface area contributed by atoms with E-state index in [2.05, 4.69) is 0 Å². The number of hydrogen-bond acceptors (Lipinski definition) is 2. The van der Waals surface area contributed by atoms with E-state index >= 15 is 0 Å². The molecule has 0 saturated heterocycles. The Hall–Kier alpha value is -1.49. The Morgan fingerprint density at radius 3 is 2.59 bits per heavy atom. The van der Waals surface area contributed by atoms with Crippen molar-refractivity contribution in [1.82, 2.24) is 0 Å². The SMILES string of the molecule is Cc1cc(F)c(C(N)CCCC(N)=O)cc1F. The Labute approximate surface area is 98.8 Å². The number of carbonyl (C=O) groups is 1. The zero-order chi connectivity index (χ0) is 13.0. The molecule has 0 aliphatic rings. The van der Waals surface area contributed by atoms with Crippen molar-refractivity contribution in [1.29, 1.82) is 0 Å². The van der Waals surface area contributed by atoms with Gasteiger partial charge in [0.1, 0.15) is 11.6 Å². The van der Waals surface area contributed by atoms with Gasteiger partial charge in [0.2, 0.25) is 5.91 Å². The average molecular weight is 242 g/mol. The predicted molar refractivity (Wildman–Crippen MR) is 61.1 cm³/mol. The van der Waals surface area contributed by atoms with Gasteiger partial charge in [0.05, 0.1) is 0 Å². The van der Waals surface area contributed by atoms with Crippen LogP contribution in [0.1, 0.15) is 36.4 Å². The standard InChI is InChI=1S/C12H16F2N2O/c1-7-5-10(14)8(6-9(7)13)11(15)3-2-4-12(16)17/h5-6,11H,2-4,15H2,1H3,(H2,16,17). The van der Waals surface area contributed by atoms with Crippen LogP contribution < -0.4 is 11.5 Å². The summed E-state index contributed by atoms with van der Waals surface area (Å²) >= 11 is 0. The number of rotatable bonds is 5. The molecular weight excluding hydrogens is 226 g/mol. The molecule has 5 heteroatoms. The maximum absolute atomic E-state index is 13.5. The summed E-state index contributed by atoms with van der Waals surface area (Å²) in [5, 5.41) is 0. The fourth-order valence-electron chi connectivity index (χ4n) is 1.60. The first-order valence-corrected chi connectivity index (χ1v) is 5.41. The number of halogens is 2. The Morgan fingerprint density at radius 2 is 2.00 bits per heavy atom. The van der Waals surface area contributed by atoms with Gasteiger partial charge in [0, 0.05) is 18.0 Å². The van der Waals surface area contributed by atoms with E-state index in [4.69, 9.17) is 11.5 Å². The fourth-order valence-corrected chi connectivity index (χ4v) is 1.60. The van der Waals surface area contributed by atoms with E-state index in [1.165, 1.54) is 6.92 Å². The Balaban J connectivity index is 2.71. The van der Waals surface area contributed by atoms with Crippen LogP contribution in [0.4, 0.5) is 8.78 Å². The quantitative estimate of drug-likeness (QED) is 0.828. The molecular formula is C12H16F2N2O. The minimum atomic E-state index is -0.621. The summed E-state index contributed by atoms with van der Waals surface area (Å²) in [6.45, 7) is 1.49. The molecule has 0 bridgehead atoms. The zero-order valence-electron chi connectivity index (χ0n) is 9.67. The van der Waals surface area contributed by atoms with E-state index in [-0.39, 0.29) is 17.5 Å². The monoisotopic (exact) mass is 242 g/mol. The lowest BCUT2D eigenvalue weighted by Gasteiger charge is -2.13. The molecule has 1 rings (SSSR count). The second-order valence-electron chi connectivity index (χ2n) is 4.09. The van der Waals surface area contributed by atoms with Crippen molar-refractivity contribution in [3.8, 4) is 0 Å². The number of hydrogen-bond donors (Lipinski definition) is 2. The van der Waals surface area contributed by atoms with Gasteiger partial charge in [-0.1, -0.05) is 0 Å². The van der Waals surface area contributed by atoms with Gasteiger partial charge in [0.25, 0.3) is 0 Å². The molecule has 1 amide bonds. The van der Waals surface area contributed by atoms with E-state index in [0.29, 0.717) is 12.8 Å². The van der Waals surface area contributed by atoms with Gasteiger partial charge in [-0.2, -0.15) is 0 Å². The maximum Gasteiger partial charge on any atom is 0.217 e. The minimum absolute atomic E-state index is 0.137. The summed E-state index contributed by atoms with van der Waals surface area (Å²) in [5.74, 6) is -1.42. The molecule has 0 aliphatic carbocycles. The van der Waals surface area contributed by atoms with Crippen molar-refractivity contribution < 1.29 is 13.6 Å². The van der Waals surface area contributed by atoms with Crippen LogP contribution in [-0.4, -0.2) is 5.91 Å². The van der Waals surface area contributed by atoms with Crippen LogP contribution in [-0.2, 0) is 4.79 Å². The minimum Gasteiger partial charge on any atom is -0.370 e. The van der Waals surface area contributed by atoms with Crippen LogP contribution in [0, 0.1) is 18.6 Å². The summed E-state index contributed by atoms with van der Waals surface area (Å²) in [7, 11) is 0. The van der Waals surface area contributed by atoms with E-state index in [1.54, 1.807) is 0 Å². The van der Waals surface area contributed by atoms with Gasteiger partial charge >= 0.3 is 0 Å². The highest BCUT2D eigenvalue weighted by Crippen LogP contribution is 2.22. The number of aryl methyl sites for hydroxylation is 1. The average Bonchev–Trinajstić information content (AvgIpc) is 2.22. The normalized spacial score (nSPS) is 12.5. The first-order chi connectivity index (χ1) is 7.91. The highest BCUT2D eigenvalue weighted by Gasteiger charge is 2.14. The van der Waals surface area contributed by atoms with Crippen molar-refractivity contribution in [2.45, 2.75) is 32.2 Å². The molecule has 1 atom stereocenters. The molecule has 0 radical (unpaired) electrons. The summed E-state index contributed by atoms with van der Waals surface area (Å²) in [5.41, 5.74) is 11.1. The highest BCUT2D eigenvalue weighted by molar-refractivity contribution is 5.73. The first-order valence-electron chi connectivity index (χ1n) is 5.41. The molecule has 3 nitrogen and oxygen atoms in total. The van der Waals surface area contributed by atoms with Crippen molar-refractivity contribution in [3.63, 3.8) is 0 Å². The fraction of sp³-hybridized carbons (Fsp3) is 0.417. The first kappa shape index (κ1) is 13.6. The van der Waals surface area contributed by atoms with E-state index in [9.17, 15) is 13.6 Å². The van der Waals surface area contributed by atoms with Crippen LogP contribution >= 0.6 is 0 Å². The van der Waals surface area contributed by atoms with Gasteiger partial charge in [-0.3, -0.25) is 4.79 Å². The van der Waals surface area contributed by atoms with E-state index in [0.717, 1.165) is 12.1 Å². The third-order valence-electron chi connectivity index (χ3n) is 2.62. The van der Waals surface area contributed by atoms with Crippen molar-refractivity contribution in [2.24, 2.45) is 11.5 Å². The lowest BCUT2D eigenvalue weighted by atomic mass is 9.99. The summed E-state index contributed by atoms with van der Waals surface area (Å²) in [6.07, 6.45) is 1.05. The van der Waals surface area contributed by atoms with E-state index in [1.807, 2.05) is 0 Å². The highest BCUT2D eigenvalue weighted by atomic mass is 19.1. The molecule has 0 fully saturated rings. The molecule has 0 saturated carbocycles. The second-order valence-corrected chi connectivity index (χ2v) is 4.09. The number of benzene rings is 1. The topological polar surface area (TPSA) is 69.1 Å². The van der Waals surface area contributed by atoms with Gasteiger partial charge in [0.15, 0.2) is 0 Å². The lowest BCUT2D eigenvalue weighted by Crippen LogP contribution is -2.15. The molecule has 0 aliphatic heterocycles. The summed E-state index contributed by atoms with van der Waals surface area (Å²) < 4.78 is 26.8. The molecule has 0 spiro atoms. The molecule has 0 heterocycles. The Kier molecular flexibility index (Phi) is 4.57. The molecule has 1 unspecified atom stereocenters. The number of amides is 1. The van der Waals surface area contributed by atoms with Crippen LogP contribution in [0.2, 0.25) is 0 Å². The van der Waals surface area contributed by atoms with Crippen LogP contribution in [0.5, 0.6) is 0 Å². The van der Waals surface area contributed by atoms with Crippen LogP contribution in [0.15, 0.2) is 12.1 Å². The smallest absolute Gasteiger partial charge is 0.217 e. The summed E-state index contributed by atoms with van der Waals surface area (Å²) in [4.78, 5) is 10.5. The van der Waals surface area contributed by atoms with Crippen molar-refractivity contribution >= 4 is 5.91 Å². The predicted octanol–water partition coefficient (Wildman–Crippen LogP) is 1.93. The largest absolute Gasteiger partial charge is 0.370 e. The summed E-state index contributed by atoms with van der Waals surface area (Å²) in [6, 6.07) is 1.61. The molecule has 17 heavy (non-hydrogen) atoms. The van der Waals surface area contributed by atoms with E-state index < -0.39 is 23.6 Å². The number of nitrogens with two attached hydrogens (primary N) is 2. The Morgan fingerprint density at radius 1 is 1.35 bits per heavy atom. The third kappa shape index (κ3) is 3.78.